The lowest BCUT2D eigenvalue weighted by Gasteiger charge is -2.30. The molecule has 1 aliphatic heterocycles. The van der Waals surface area contributed by atoms with Gasteiger partial charge in [-0.1, -0.05) is 37.3 Å². The van der Waals surface area contributed by atoms with Gasteiger partial charge in [0.2, 0.25) is 0 Å². The first kappa shape index (κ1) is 22.2. The van der Waals surface area contributed by atoms with Gasteiger partial charge in [0.1, 0.15) is 5.69 Å². The van der Waals surface area contributed by atoms with Crippen LogP contribution in [0.4, 0.5) is 0 Å². The van der Waals surface area contributed by atoms with E-state index >= 15 is 0 Å². The van der Waals surface area contributed by atoms with E-state index in [2.05, 4.69) is 22.1 Å². The van der Waals surface area contributed by atoms with Gasteiger partial charge in [-0.2, -0.15) is 0 Å². The van der Waals surface area contributed by atoms with E-state index in [9.17, 15) is 9.59 Å². The molecule has 0 unspecified atom stereocenters. The van der Waals surface area contributed by atoms with Gasteiger partial charge in [-0.05, 0) is 69.0 Å². The molecule has 0 aliphatic carbocycles. The molecule has 1 aromatic heterocycles. The monoisotopic (exact) mass is 432 g/mol. The van der Waals surface area contributed by atoms with Crippen LogP contribution >= 0.6 is 0 Å². The maximum Gasteiger partial charge on any atom is 0.272 e. The Morgan fingerprint density at radius 2 is 2.00 bits per heavy atom. The Hall–Kier alpha value is -2.99. The van der Waals surface area contributed by atoms with Gasteiger partial charge < -0.3 is 14.8 Å². The lowest BCUT2D eigenvalue weighted by atomic mass is 10.0. The third-order valence-electron chi connectivity index (χ3n) is 6.23. The molecule has 1 fully saturated rings. The van der Waals surface area contributed by atoms with Gasteiger partial charge in [0.15, 0.2) is 0 Å². The Balaban J connectivity index is 1.44. The summed E-state index contributed by atoms with van der Waals surface area (Å²) in [4.78, 5) is 32.4. The number of nitrogens with zero attached hydrogens (tertiary/aromatic N) is 3. The summed E-state index contributed by atoms with van der Waals surface area (Å²) >= 11 is 0. The molecular formula is C26H32N4O2. The number of carbonyl (C=O) groups excluding carboxylic acids is 1. The van der Waals surface area contributed by atoms with E-state index in [1.54, 1.807) is 23.6 Å². The van der Waals surface area contributed by atoms with Gasteiger partial charge in [-0.15, -0.1) is 0 Å². The number of fused-ring (bicyclic) bond motifs is 1. The van der Waals surface area contributed by atoms with Crippen molar-refractivity contribution in [2.75, 3.05) is 26.2 Å². The van der Waals surface area contributed by atoms with Crippen molar-refractivity contribution >= 4 is 16.9 Å². The summed E-state index contributed by atoms with van der Waals surface area (Å²) in [5.74, 6) is 0.672. The highest BCUT2D eigenvalue weighted by Gasteiger charge is 2.16. The van der Waals surface area contributed by atoms with Crippen molar-refractivity contribution in [1.29, 1.82) is 0 Å². The number of nitrogens with one attached hydrogen (secondary N) is 1. The smallest absolute Gasteiger partial charge is 0.272 e. The van der Waals surface area contributed by atoms with Gasteiger partial charge in [0, 0.05) is 18.7 Å². The molecule has 1 N–H and O–H groups in total. The van der Waals surface area contributed by atoms with E-state index in [1.165, 1.54) is 19.4 Å². The standard InChI is InChI=1S/C26H32N4O2/c1-19-8-6-14-29(17-19)15-7-13-27-25(31)22-11-12-24-23(16-22)28-20(2)26(32)30(24)18-21-9-4-3-5-10-21/h3-5,9-12,16,19H,6-8,13-15,17-18H2,1-2H3,(H,27,31)/t19-/m1/s1. The molecule has 0 saturated carbocycles. The summed E-state index contributed by atoms with van der Waals surface area (Å²) in [6, 6.07) is 15.3. The number of rotatable bonds is 7. The molecule has 1 aliphatic rings. The Kier molecular flexibility index (Phi) is 7.00. The van der Waals surface area contributed by atoms with Crippen molar-refractivity contribution < 1.29 is 4.79 Å². The van der Waals surface area contributed by atoms with Crippen LogP contribution < -0.4 is 10.9 Å². The number of benzene rings is 2. The highest BCUT2D eigenvalue weighted by molar-refractivity contribution is 5.97. The zero-order valence-electron chi connectivity index (χ0n) is 19.0. The SMILES string of the molecule is Cc1nc2cc(C(=O)NCCCN3CCC[C@@H](C)C3)ccc2n(Cc2ccccc2)c1=O. The van der Waals surface area contributed by atoms with Gasteiger partial charge in [0.05, 0.1) is 17.6 Å². The second-order valence-corrected chi connectivity index (χ2v) is 8.94. The summed E-state index contributed by atoms with van der Waals surface area (Å²) in [5.41, 5.74) is 3.34. The Morgan fingerprint density at radius 3 is 2.78 bits per heavy atom. The van der Waals surface area contributed by atoms with Crippen LogP contribution in [0.15, 0.2) is 53.3 Å². The second-order valence-electron chi connectivity index (χ2n) is 8.94. The van der Waals surface area contributed by atoms with E-state index in [-0.39, 0.29) is 11.5 Å². The predicted molar refractivity (Wildman–Crippen MR) is 128 cm³/mol. The molecule has 0 radical (unpaired) electrons. The number of carbonyl (C=O) groups is 1. The van der Waals surface area contributed by atoms with Crippen LogP contribution in [0.2, 0.25) is 0 Å². The normalized spacial score (nSPS) is 16.9. The topological polar surface area (TPSA) is 67.2 Å². The van der Waals surface area contributed by atoms with Crippen molar-refractivity contribution in [2.24, 2.45) is 5.92 Å². The molecule has 2 heterocycles. The highest BCUT2D eigenvalue weighted by atomic mass is 16.1. The van der Waals surface area contributed by atoms with E-state index in [0.29, 0.717) is 29.9 Å². The molecule has 32 heavy (non-hydrogen) atoms. The summed E-state index contributed by atoms with van der Waals surface area (Å²) < 4.78 is 1.73. The summed E-state index contributed by atoms with van der Waals surface area (Å²) in [5, 5.41) is 3.03. The lowest BCUT2D eigenvalue weighted by molar-refractivity contribution is 0.0950. The fourth-order valence-corrected chi connectivity index (χ4v) is 4.54. The summed E-state index contributed by atoms with van der Waals surface area (Å²) in [6.45, 7) is 8.50. The minimum atomic E-state index is -0.106. The van der Waals surface area contributed by atoms with Crippen LogP contribution in [0, 0.1) is 12.8 Å². The minimum Gasteiger partial charge on any atom is -0.352 e. The van der Waals surface area contributed by atoms with Crippen LogP contribution in [0.25, 0.3) is 11.0 Å². The van der Waals surface area contributed by atoms with E-state index in [0.717, 1.165) is 36.5 Å². The van der Waals surface area contributed by atoms with Crippen LogP contribution in [-0.2, 0) is 6.54 Å². The Bertz CT molecular complexity index is 1140. The number of hydrogen-bond acceptors (Lipinski definition) is 4. The molecule has 3 aromatic rings. The molecule has 2 aromatic carbocycles. The van der Waals surface area contributed by atoms with Gasteiger partial charge in [0.25, 0.3) is 11.5 Å². The molecular weight excluding hydrogens is 400 g/mol. The molecule has 4 rings (SSSR count). The zero-order chi connectivity index (χ0) is 22.5. The van der Waals surface area contributed by atoms with Crippen molar-refractivity contribution in [3.63, 3.8) is 0 Å². The third-order valence-corrected chi connectivity index (χ3v) is 6.23. The fourth-order valence-electron chi connectivity index (χ4n) is 4.54. The molecule has 168 valence electrons. The van der Waals surface area contributed by atoms with Crippen molar-refractivity contribution in [2.45, 2.75) is 39.7 Å². The number of amides is 1. The summed E-state index contributed by atoms with van der Waals surface area (Å²) in [7, 11) is 0. The molecule has 0 spiro atoms. The lowest BCUT2D eigenvalue weighted by Crippen LogP contribution is -2.36. The second kappa shape index (κ2) is 10.1. The molecule has 1 saturated heterocycles. The van der Waals surface area contributed by atoms with Crippen molar-refractivity contribution in [3.8, 4) is 0 Å². The molecule has 6 heteroatoms. The average Bonchev–Trinajstić information content (AvgIpc) is 2.80. The number of piperidine rings is 1. The minimum absolute atomic E-state index is 0.0980. The highest BCUT2D eigenvalue weighted by Crippen LogP contribution is 2.16. The van der Waals surface area contributed by atoms with Crippen LogP contribution in [-0.4, -0.2) is 46.5 Å². The van der Waals surface area contributed by atoms with Crippen LogP contribution in [0.5, 0.6) is 0 Å². The average molecular weight is 433 g/mol. The molecule has 0 bridgehead atoms. The Morgan fingerprint density at radius 1 is 1.19 bits per heavy atom. The van der Waals surface area contributed by atoms with E-state index in [4.69, 9.17) is 0 Å². The van der Waals surface area contributed by atoms with Crippen molar-refractivity contribution in [1.82, 2.24) is 19.8 Å². The number of aryl methyl sites for hydroxylation is 1. The number of hydrogen-bond donors (Lipinski definition) is 1. The third kappa shape index (κ3) is 5.25. The fraction of sp³-hybridized carbons (Fsp3) is 0.423. The largest absolute Gasteiger partial charge is 0.352 e. The van der Waals surface area contributed by atoms with Gasteiger partial charge >= 0.3 is 0 Å². The van der Waals surface area contributed by atoms with E-state index < -0.39 is 0 Å². The maximum atomic E-state index is 12.7. The number of likely N-dealkylation sites (tertiary alicyclic amines) is 1. The molecule has 6 nitrogen and oxygen atoms in total. The van der Waals surface area contributed by atoms with Crippen molar-refractivity contribution in [3.05, 3.63) is 75.7 Å². The first-order valence-corrected chi connectivity index (χ1v) is 11.6. The first-order chi connectivity index (χ1) is 15.5. The first-order valence-electron chi connectivity index (χ1n) is 11.6. The quantitative estimate of drug-likeness (QED) is 0.579. The molecule has 1 amide bonds. The van der Waals surface area contributed by atoms with Crippen LogP contribution in [0.1, 0.15) is 47.8 Å². The van der Waals surface area contributed by atoms with Gasteiger partial charge in [-0.25, -0.2) is 4.98 Å². The predicted octanol–water partition coefficient (Wildman–Crippen LogP) is 3.61. The van der Waals surface area contributed by atoms with Crippen LogP contribution in [0.3, 0.4) is 0 Å². The van der Waals surface area contributed by atoms with Gasteiger partial charge in [-0.3, -0.25) is 9.59 Å². The van der Waals surface area contributed by atoms with E-state index in [1.807, 2.05) is 36.4 Å². The molecule has 1 atom stereocenters. The Labute approximate surface area is 189 Å². The summed E-state index contributed by atoms with van der Waals surface area (Å²) in [6.07, 6.45) is 3.54. The zero-order valence-corrected chi connectivity index (χ0v) is 19.0. The maximum absolute atomic E-state index is 12.7. The number of aromatic nitrogens is 2.